The molecule has 2 aliphatic heterocycles. The van der Waals surface area contributed by atoms with Gasteiger partial charge in [0.1, 0.15) is 11.6 Å². The number of amides is 1. The normalized spacial score (nSPS) is 26.4. The topological polar surface area (TPSA) is 69.5 Å². The van der Waals surface area contributed by atoms with Crippen molar-refractivity contribution in [1.82, 2.24) is 9.88 Å². The van der Waals surface area contributed by atoms with E-state index in [1.54, 1.807) is 13.3 Å². The number of hydrogen-bond acceptors (Lipinski definition) is 5. The van der Waals surface area contributed by atoms with E-state index in [4.69, 9.17) is 4.74 Å². The Hall–Kier alpha value is -2.29. The number of nitrogens with zero attached hydrogens (tertiary/aromatic N) is 4. The van der Waals surface area contributed by atoms with Gasteiger partial charge >= 0.3 is 0 Å². The molecule has 2 saturated heterocycles. The molecule has 3 aliphatic rings. The Morgan fingerprint density at radius 3 is 2.81 bits per heavy atom. The molecule has 1 saturated carbocycles. The molecule has 0 aromatic carbocycles. The number of piperidine rings is 2. The van der Waals surface area contributed by atoms with Crippen LogP contribution in [0.15, 0.2) is 12.3 Å². The number of anilines is 1. The van der Waals surface area contributed by atoms with Crippen LogP contribution in [0.5, 0.6) is 5.88 Å². The average Bonchev–Trinajstić information content (AvgIpc) is 3.24. The van der Waals surface area contributed by atoms with Crippen molar-refractivity contribution in [2.75, 3.05) is 31.6 Å². The molecule has 0 bridgehead atoms. The van der Waals surface area contributed by atoms with Gasteiger partial charge in [-0.15, -0.1) is 0 Å². The number of likely N-dealkylation sites (tertiary alicyclic amines) is 1. The molecule has 1 amide bonds. The molecule has 0 unspecified atom stereocenters. The Kier molecular flexibility index (Phi) is 4.94. The van der Waals surface area contributed by atoms with Crippen molar-refractivity contribution in [3.8, 4) is 11.9 Å². The molecule has 27 heavy (non-hydrogen) atoms. The predicted molar refractivity (Wildman–Crippen MR) is 103 cm³/mol. The van der Waals surface area contributed by atoms with Gasteiger partial charge in [0.2, 0.25) is 11.8 Å². The van der Waals surface area contributed by atoms with Gasteiger partial charge in [0.25, 0.3) is 0 Å². The summed E-state index contributed by atoms with van der Waals surface area (Å²) in [6, 6.07) is 4.64. The Balaban J connectivity index is 1.58. The molecule has 1 aliphatic carbocycles. The van der Waals surface area contributed by atoms with E-state index in [2.05, 4.69) is 20.9 Å². The first-order valence-electron chi connectivity index (χ1n) is 10.1. The number of aromatic nitrogens is 1. The van der Waals surface area contributed by atoms with Crippen LogP contribution >= 0.6 is 0 Å². The molecule has 0 N–H and O–H groups in total. The Morgan fingerprint density at radius 1 is 1.26 bits per heavy atom. The lowest BCUT2D eigenvalue weighted by Gasteiger charge is -2.50. The van der Waals surface area contributed by atoms with Gasteiger partial charge in [0.15, 0.2) is 0 Å². The number of rotatable bonds is 3. The van der Waals surface area contributed by atoms with Gasteiger partial charge in [-0.2, -0.15) is 5.26 Å². The largest absolute Gasteiger partial charge is 0.480 e. The number of carbonyl (C=O) groups excluding carboxylic acids is 1. The molecule has 144 valence electrons. The van der Waals surface area contributed by atoms with Crippen LogP contribution in [0.1, 0.15) is 56.9 Å². The van der Waals surface area contributed by atoms with Crippen molar-refractivity contribution in [3.05, 3.63) is 17.8 Å². The Labute approximate surface area is 161 Å². The standard InChI is InChI=1S/C21H28N4O2/c1-27-20-17(13-22)18(8-11-23-20)24-12-4-9-21(14-24)10-7-19(26)25(15-21)16-5-2-3-6-16/h8,11,16H,2-7,9-10,12,14-15H2,1H3/t21-/m1/s1. The maximum atomic E-state index is 12.6. The highest BCUT2D eigenvalue weighted by Gasteiger charge is 2.44. The van der Waals surface area contributed by atoms with Gasteiger partial charge in [0.05, 0.1) is 12.8 Å². The third-order valence-corrected chi connectivity index (χ3v) is 6.66. The molecular weight excluding hydrogens is 340 g/mol. The summed E-state index contributed by atoms with van der Waals surface area (Å²) in [4.78, 5) is 21.3. The first kappa shape index (κ1) is 18.1. The highest BCUT2D eigenvalue weighted by molar-refractivity contribution is 5.77. The lowest BCUT2D eigenvalue weighted by molar-refractivity contribution is -0.140. The minimum absolute atomic E-state index is 0.137. The minimum Gasteiger partial charge on any atom is -0.480 e. The third kappa shape index (κ3) is 3.36. The van der Waals surface area contributed by atoms with E-state index in [0.29, 0.717) is 29.8 Å². The SMILES string of the molecule is COc1nccc(N2CCC[C@@]3(CCC(=O)N(C4CCCC4)C3)C2)c1C#N. The number of pyridine rings is 1. The van der Waals surface area contributed by atoms with Gasteiger partial charge in [-0.3, -0.25) is 4.79 Å². The maximum Gasteiger partial charge on any atom is 0.233 e. The fraction of sp³-hybridized carbons (Fsp3) is 0.667. The van der Waals surface area contributed by atoms with Crippen LogP contribution in [-0.4, -0.2) is 48.6 Å². The second kappa shape index (κ2) is 7.38. The van der Waals surface area contributed by atoms with Gasteiger partial charge < -0.3 is 14.5 Å². The smallest absolute Gasteiger partial charge is 0.233 e. The van der Waals surface area contributed by atoms with Crippen LogP contribution < -0.4 is 9.64 Å². The zero-order valence-corrected chi connectivity index (χ0v) is 16.1. The first-order chi connectivity index (χ1) is 13.2. The highest BCUT2D eigenvalue weighted by Crippen LogP contribution is 2.43. The molecule has 1 aromatic heterocycles. The molecule has 4 rings (SSSR count). The van der Waals surface area contributed by atoms with Crippen LogP contribution in [0.2, 0.25) is 0 Å². The molecule has 6 heteroatoms. The van der Waals surface area contributed by atoms with E-state index >= 15 is 0 Å². The molecule has 3 fully saturated rings. The quantitative estimate of drug-likeness (QED) is 0.820. The summed E-state index contributed by atoms with van der Waals surface area (Å²) >= 11 is 0. The summed E-state index contributed by atoms with van der Waals surface area (Å²) < 4.78 is 5.29. The summed E-state index contributed by atoms with van der Waals surface area (Å²) in [5.74, 6) is 0.731. The first-order valence-corrected chi connectivity index (χ1v) is 10.1. The molecule has 6 nitrogen and oxygen atoms in total. The molecule has 1 atom stereocenters. The highest BCUT2D eigenvalue weighted by atomic mass is 16.5. The maximum absolute atomic E-state index is 12.6. The lowest BCUT2D eigenvalue weighted by Crippen LogP contribution is -2.56. The fourth-order valence-corrected chi connectivity index (χ4v) is 5.30. The van der Waals surface area contributed by atoms with Crippen LogP contribution in [-0.2, 0) is 4.79 Å². The van der Waals surface area contributed by atoms with Crippen molar-refractivity contribution in [2.45, 2.75) is 57.4 Å². The third-order valence-electron chi connectivity index (χ3n) is 6.66. The molecular formula is C21H28N4O2. The zero-order chi connectivity index (χ0) is 18.9. The fourth-order valence-electron chi connectivity index (χ4n) is 5.30. The van der Waals surface area contributed by atoms with Crippen molar-refractivity contribution in [3.63, 3.8) is 0 Å². The van der Waals surface area contributed by atoms with E-state index in [0.717, 1.165) is 57.4 Å². The van der Waals surface area contributed by atoms with Crippen molar-refractivity contribution < 1.29 is 9.53 Å². The monoisotopic (exact) mass is 368 g/mol. The summed E-state index contributed by atoms with van der Waals surface area (Å²) in [5.41, 5.74) is 1.56. The Morgan fingerprint density at radius 2 is 2.07 bits per heavy atom. The molecule has 1 aromatic rings. The number of ether oxygens (including phenoxy) is 1. The van der Waals surface area contributed by atoms with Crippen molar-refractivity contribution in [1.29, 1.82) is 5.26 Å². The van der Waals surface area contributed by atoms with Crippen molar-refractivity contribution >= 4 is 11.6 Å². The van der Waals surface area contributed by atoms with Crippen molar-refractivity contribution in [2.24, 2.45) is 5.41 Å². The molecule has 0 radical (unpaired) electrons. The summed E-state index contributed by atoms with van der Waals surface area (Å²) in [6.45, 7) is 2.70. The van der Waals surface area contributed by atoms with E-state index in [1.165, 1.54) is 12.8 Å². The van der Waals surface area contributed by atoms with Gasteiger partial charge in [0, 0.05) is 43.7 Å². The van der Waals surface area contributed by atoms with Gasteiger partial charge in [-0.1, -0.05) is 12.8 Å². The van der Waals surface area contributed by atoms with Crippen LogP contribution in [0, 0.1) is 16.7 Å². The average molecular weight is 368 g/mol. The van der Waals surface area contributed by atoms with Crippen LogP contribution in [0.3, 0.4) is 0 Å². The molecule has 3 heterocycles. The zero-order valence-electron chi connectivity index (χ0n) is 16.1. The summed E-state index contributed by atoms with van der Waals surface area (Å²) in [6.07, 6.45) is 10.4. The number of carbonyl (C=O) groups is 1. The van der Waals surface area contributed by atoms with E-state index in [9.17, 15) is 10.1 Å². The van der Waals surface area contributed by atoms with E-state index in [1.807, 2.05) is 6.07 Å². The Bertz CT molecular complexity index is 753. The van der Waals surface area contributed by atoms with Gasteiger partial charge in [-0.05, 0) is 38.2 Å². The second-order valence-corrected chi connectivity index (χ2v) is 8.31. The van der Waals surface area contributed by atoms with E-state index in [-0.39, 0.29) is 5.41 Å². The number of nitriles is 1. The second-order valence-electron chi connectivity index (χ2n) is 8.31. The summed E-state index contributed by atoms with van der Waals surface area (Å²) in [7, 11) is 1.55. The number of hydrogen-bond donors (Lipinski definition) is 0. The molecule has 1 spiro atoms. The summed E-state index contributed by atoms with van der Waals surface area (Å²) in [5, 5.41) is 9.63. The van der Waals surface area contributed by atoms with Crippen LogP contribution in [0.4, 0.5) is 5.69 Å². The lowest BCUT2D eigenvalue weighted by atomic mass is 9.73. The minimum atomic E-state index is 0.137. The van der Waals surface area contributed by atoms with Gasteiger partial charge in [-0.25, -0.2) is 4.98 Å². The number of methoxy groups -OCH3 is 1. The van der Waals surface area contributed by atoms with Crippen LogP contribution in [0.25, 0.3) is 0 Å². The van der Waals surface area contributed by atoms with E-state index < -0.39 is 0 Å². The predicted octanol–water partition coefficient (Wildman–Crippen LogP) is 3.11.